The minimum Gasteiger partial charge on any atom is -0.497 e. The Labute approximate surface area is 237 Å². The maximum Gasteiger partial charge on any atom is 0.308 e. The van der Waals surface area contributed by atoms with Gasteiger partial charge in [0.2, 0.25) is 17.7 Å². The Kier molecular flexibility index (Phi) is 7.00. The molecule has 202 valence electrons. The molecule has 2 fully saturated rings. The van der Waals surface area contributed by atoms with E-state index in [-0.39, 0.29) is 29.1 Å². The zero-order valence-electron chi connectivity index (χ0n) is 20.9. The third kappa shape index (κ3) is 4.57. The van der Waals surface area contributed by atoms with Crippen LogP contribution in [0.4, 0.5) is 5.69 Å². The Bertz CT molecular complexity index is 1500. The molecule has 39 heavy (non-hydrogen) atoms. The SMILES string of the molecule is COc1ccc(N2C(=O)C3Sc4c(sc(=O)n4CC(=O)N4CCOCC4)[C@H](c4ccc(Cl)cc4)C3C2=O)cc1. The number of morpholine rings is 1. The Morgan fingerprint density at radius 3 is 2.38 bits per heavy atom. The standard InChI is InChI=1S/C27H24ClN3O6S2/c1-36-18-8-6-17(7-9-18)31-24(33)21-20(15-2-4-16(28)5-3-15)23-26(38-22(21)25(31)34)30(27(35)39-23)14-19(32)29-10-12-37-13-11-29/h2-9,20-22H,10-14H2,1H3/t20-,21?,22?/m1/s1. The van der Waals surface area contributed by atoms with Crippen molar-refractivity contribution in [1.82, 2.24) is 9.47 Å². The number of methoxy groups -OCH3 is 1. The number of rotatable bonds is 5. The molecule has 2 aromatic carbocycles. The molecule has 12 heteroatoms. The Morgan fingerprint density at radius 1 is 1.03 bits per heavy atom. The number of fused-ring (bicyclic) bond motifs is 2. The fourth-order valence-electron chi connectivity index (χ4n) is 5.32. The second-order valence-electron chi connectivity index (χ2n) is 9.42. The number of thioether (sulfide) groups is 1. The van der Waals surface area contributed by atoms with Gasteiger partial charge in [0.05, 0.1) is 37.0 Å². The van der Waals surface area contributed by atoms with Gasteiger partial charge in [-0.25, -0.2) is 4.90 Å². The number of hydrogen-bond donors (Lipinski definition) is 0. The van der Waals surface area contributed by atoms with Gasteiger partial charge < -0.3 is 14.4 Å². The van der Waals surface area contributed by atoms with Gasteiger partial charge in [0, 0.05) is 28.9 Å². The van der Waals surface area contributed by atoms with Gasteiger partial charge in [-0.1, -0.05) is 46.8 Å². The van der Waals surface area contributed by atoms with E-state index in [4.69, 9.17) is 21.1 Å². The average Bonchev–Trinajstić information content (AvgIpc) is 3.40. The molecule has 4 heterocycles. The number of aromatic nitrogens is 1. The van der Waals surface area contributed by atoms with Crippen LogP contribution in [0.15, 0.2) is 58.4 Å². The molecule has 9 nitrogen and oxygen atoms in total. The molecule has 0 saturated carbocycles. The minimum absolute atomic E-state index is 0.132. The smallest absolute Gasteiger partial charge is 0.308 e. The van der Waals surface area contributed by atoms with Crippen molar-refractivity contribution in [3.8, 4) is 5.75 Å². The number of benzene rings is 2. The van der Waals surface area contributed by atoms with Crippen LogP contribution >= 0.6 is 34.7 Å². The zero-order valence-corrected chi connectivity index (χ0v) is 23.3. The Balaban J connectivity index is 1.42. The summed E-state index contributed by atoms with van der Waals surface area (Å²) in [5, 5.41) is 0.341. The first-order valence-electron chi connectivity index (χ1n) is 12.4. The number of thiazole rings is 1. The van der Waals surface area contributed by atoms with Gasteiger partial charge in [-0.3, -0.25) is 23.7 Å². The first-order chi connectivity index (χ1) is 18.9. The van der Waals surface area contributed by atoms with E-state index in [1.54, 1.807) is 48.4 Å². The van der Waals surface area contributed by atoms with Crippen molar-refractivity contribution < 1.29 is 23.9 Å². The summed E-state index contributed by atoms with van der Waals surface area (Å²) in [6, 6.07) is 13.9. The summed E-state index contributed by atoms with van der Waals surface area (Å²) in [6.45, 7) is 1.71. The lowest BCUT2D eigenvalue weighted by molar-refractivity contribution is -0.136. The topological polar surface area (TPSA) is 98.2 Å². The second kappa shape index (κ2) is 10.5. The summed E-state index contributed by atoms with van der Waals surface area (Å²) >= 11 is 8.38. The summed E-state index contributed by atoms with van der Waals surface area (Å²) in [5.41, 5.74) is 1.24. The minimum atomic E-state index is -0.758. The lowest BCUT2D eigenvalue weighted by atomic mass is 9.83. The van der Waals surface area contributed by atoms with E-state index in [2.05, 4.69) is 0 Å². The van der Waals surface area contributed by atoms with E-state index in [9.17, 15) is 19.2 Å². The molecule has 3 aromatic rings. The summed E-state index contributed by atoms with van der Waals surface area (Å²) in [5.74, 6) is -1.51. The van der Waals surface area contributed by atoms with E-state index >= 15 is 0 Å². The summed E-state index contributed by atoms with van der Waals surface area (Å²) in [6.07, 6.45) is 0. The van der Waals surface area contributed by atoms with E-state index in [1.165, 1.54) is 21.2 Å². The number of imide groups is 1. The molecule has 0 N–H and O–H groups in total. The fraction of sp³-hybridized carbons (Fsp3) is 0.333. The van der Waals surface area contributed by atoms with Crippen LogP contribution in [0.1, 0.15) is 16.4 Å². The number of nitrogens with zero attached hydrogens (tertiary/aromatic N) is 3. The molecule has 0 radical (unpaired) electrons. The molecule has 0 spiro atoms. The van der Waals surface area contributed by atoms with Crippen molar-refractivity contribution in [1.29, 1.82) is 0 Å². The van der Waals surface area contributed by atoms with Gasteiger partial charge >= 0.3 is 4.87 Å². The van der Waals surface area contributed by atoms with E-state index in [0.717, 1.165) is 16.9 Å². The molecule has 2 saturated heterocycles. The second-order valence-corrected chi connectivity index (χ2v) is 12.0. The zero-order chi connectivity index (χ0) is 27.3. The monoisotopic (exact) mass is 585 g/mol. The van der Waals surface area contributed by atoms with Crippen LogP contribution < -0.4 is 14.5 Å². The van der Waals surface area contributed by atoms with Crippen LogP contribution in [0.3, 0.4) is 0 Å². The molecular formula is C27H24ClN3O6S2. The van der Waals surface area contributed by atoms with Gasteiger partial charge in [0.25, 0.3) is 0 Å². The predicted molar refractivity (Wildman–Crippen MR) is 148 cm³/mol. The quantitative estimate of drug-likeness (QED) is 0.424. The molecule has 0 bridgehead atoms. The van der Waals surface area contributed by atoms with Crippen molar-refractivity contribution in [2.45, 2.75) is 22.7 Å². The normalized spacial score (nSPS) is 22.6. The summed E-state index contributed by atoms with van der Waals surface area (Å²) in [4.78, 5) is 57.3. The fourth-order valence-corrected chi connectivity index (χ4v) is 8.22. The van der Waals surface area contributed by atoms with Crippen LogP contribution in [-0.2, 0) is 25.7 Å². The number of carbonyl (C=O) groups excluding carboxylic acids is 3. The van der Waals surface area contributed by atoms with Gasteiger partial charge in [0.1, 0.15) is 17.5 Å². The van der Waals surface area contributed by atoms with E-state index in [1.807, 2.05) is 12.1 Å². The summed E-state index contributed by atoms with van der Waals surface area (Å²) < 4.78 is 12.0. The highest BCUT2D eigenvalue weighted by molar-refractivity contribution is 8.00. The first kappa shape index (κ1) is 26.1. The molecule has 3 amide bonds. The van der Waals surface area contributed by atoms with Gasteiger partial charge in [-0.2, -0.15) is 0 Å². The molecular weight excluding hydrogens is 562 g/mol. The van der Waals surface area contributed by atoms with Crippen molar-refractivity contribution in [3.05, 3.63) is 73.7 Å². The number of amides is 3. The van der Waals surface area contributed by atoms with Crippen LogP contribution in [0, 0.1) is 5.92 Å². The highest BCUT2D eigenvalue weighted by atomic mass is 35.5. The highest BCUT2D eigenvalue weighted by Gasteiger charge is 2.56. The third-order valence-corrected chi connectivity index (χ3v) is 10.1. The van der Waals surface area contributed by atoms with Crippen LogP contribution in [0.5, 0.6) is 5.75 Å². The van der Waals surface area contributed by atoms with Crippen molar-refractivity contribution in [2.75, 3.05) is 38.3 Å². The number of halogens is 1. The predicted octanol–water partition coefficient (Wildman–Crippen LogP) is 3.23. The lowest BCUT2D eigenvalue weighted by Crippen LogP contribution is -2.43. The molecule has 6 rings (SSSR count). The van der Waals surface area contributed by atoms with Crippen LogP contribution in [0.25, 0.3) is 0 Å². The van der Waals surface area contributed by atoms with Gasteiger partial charge in [0.15, 0.2) is 0 Å². The number of ether oxygens (including phenoxy) is 2. The average molecular weight is 586 g/mol. The van der Waals surface area contributed by atoms with Crippen molar-refractivity contribution >= 4 is 58.1 Å². The molecule has 3 aliphatic rings. The maximum absolute atomic E-state index is 13.9. The van der Waals surface area contributed by atoms with Crippen molar-refractivity contribution in [3.63, 3.8) is 0 Å². The largest absolute Gasteiger partial charge is 0.497 e. The number of carbonyl (C=O) groups is 3. The van der Waals surface area contributed by atoms with E-state index in [0.29, 0.717) is 52.7 Å². The molecule has 2 unspecified atom stereocenters. The van der Waals surface area contributed by atoms with E-state index < -0.39 is 17.1 Å². The highest BCUT2D eigenvalue weighted by Crippen LogP contribution is 2.54. The lowest BCUT2D eigenvalue weighted by Gasteiger charge is -2.31. The summed E-state index contributed by atoms with van der Waals surface area (Å²) in [7, 11) is 1.55. The number of hydrogen-bond acceptors (Lipinski definition) is 8. The Hall–Kier alpha value is -3.12. The molecule has 3 atom stereocenters. The Morgan fingerprint density at radius 2 is 1.72 bits per heavy atom. The number of anilines is 1. The van der Waals surface area contributed by atoms with Crippen LogP contribution in [-0.4, -0.2) is 65.9 Å². The maximum atomic E-state index is 13.9. The third-order valence-electron chi connectivity index (χ3n) is 7.27. The molecule has 3 aliphatic heterocycles. The molecule has 0 aliphatic carbocycles. The van der Waals surface area contributed by atoms with Crippen LogP contribution in [0.2, 0.25) is 5.02 Å². The van der Waals surface area contributed by atoms with Gasteiger partial charge in [-0.05, 0) is 42.0 Å². The van der Waals surface area contributed by atoms with Gasteiger partial charge in [-0.15, -0.1) is 0 Å². The molecule has 1 aromatic heterocycles. The first-order valence-corrected chi connectivity index (χ1v) is 14.5. The van der Waals surface area contributed by atoms with Crippen molar-refractivity contribution in [2.24, 2.45) is 5.92 Å².